The van der Waals surface area contributed by atoms with Gasteiger partial charge in [0.2, 0.25) is 0 Å². The number of allylic oxidation sites excluding steroid dienone is 1. The summed E-state index contributed by atoms with van der Waals surface area (Å²) in [5, 5.41) is 0. The van der Waals surface area contributed by atoms with Crippen LogP contribution in [0, 0.1) is 0 Å². The van der Waals surface area contributed by atoms with E-state index in [1.54, 1.807) is 0 Å². The van der Waals surface area contributed by atoms with Crippen LogP contribution in [0.1, 0.15) is 101 Å². The highest BCUT2D eigenvalue weighted by atomic mass is 16.5. The molecule has 43 heavy (non-hydrogen) atoms. The van der Waals surface area contributed by atoms with Crippen LogP contribution in [0.2, 0.25) is 0 Å². The molecule has 0 aliphatic carbocycles. The quantitative estimate of drug-likeness (QED) is 0.0852. The number of carbonyl (C=O) groups excluding carboxylic acids is 1. The van der Waals surface area contributed by atoms with E-state index in [-0.39, 0.29) is 5.97 Å². The number of hydrogen-bond acceptors (Lipinski definition) is 4. The molecule has 0 spiro atoms. The monoisotopic (exact) mass is 581 g/mol. The van der Waals surface area contributed by atoms with Gasteiger partial charge in [0.05, 0.1) is 0 Å². The van der Waals surface area contributed by atoms with Crippen molar-refractivity contribution in [2.45, 2.75) is 90.9 Å². The maximum absolute atomic E-state index is 12.5. The van der Waals surface area contributed by atoms with Gasteiger partial charge in [-0.05, 0) is 91.7 Å². The third-order valence-electron chi connectivity index (χ3n) is 8.42. The standard InChI is InChI=1S/C39H51NO3/c1-3-5-6-7-8-9-13-18-38(41)43-37-25-21-35(22-26-37)39(33(4-2)31-32-16-11-10-12-17-32)34-19-23-36(24-20-34)42-30-29-40-27-14-15-28-40/h10-12,16-17,19-26H,3-9,13-15,18,27-31H2,1-2H3/b39-33-. The Labute approximate surface area is 260 Å². The summed E-state index contributed by atoms with van der Waals surface area (Å²) in [6.45, 7) is 8.55. The van der Waals surface area contributed by atoms with Crippen LogP contribution in [-0.4, -0.2) is 37.1 Å². The van der Waals surface area contributed by atoms with Gasteiger partial charge < -0.3 is 9.47 Å². The second-order valence-corrected chi connectivity index (χ2v) is 11.8. The van der Waals surface area contributed by atoms with Crippen LogP contribution in [0.3, 0.4) is 0 Å². The first kappa shape index (κ1) is 32.5. The van der Waals surface area contributed by atoms with Crippen LogP contribution in [0.25, 0.3) is 5.57 Å². The molecule has 1 heterocycles. The van der Waals surface area contributed by atoms with Gasteiger partial charge >= 0.3 is 5.97 Å². The van der Waals surface area contributed by atoms with Gasteiger partial charge in [-0.25, -0.2) is 0 Å². The van der Waals surface area contributed by atoms with Gasteiger partial charge in [0.1, 0.15) is 18.1 Å². The molecule has 3 aromatic carbocycles. The van der Waals surface area contributed by atoms with Crippen molar-refractivity contribution in [1.82, 2.24) is 4.90 Å². The number of benzene rings is 3. The topological polar surface area (TPSA) is 38.8 Å². The molecular weight excluding hydrogens is 530 g/mol. The molecule has 4 nitrogen and oxygen atoms in total. The maximum Gasteiger partial charge on any atom is 0.311 e. The second kappa shape index (κ2) is 18.3. The zero-order valence-electron chi connectivity index (χ0n) is 26.5. The first-order chi connectivity index (χ1) is 21.2. The number of ether oxygens (including phenoxy) is 2. The smallest absolute Gasteiger partial charge is 0.311 e. The Kier molecular flexibility index (Phi) is 13.9. The predicted octanol–water partition coefficient (Wildman–Crippen LogP) is 9.66. The van der Waals surface area contributed by atoms with Crippen LogP contribution < -0.4 is 9.47 Å². The van der Waals surface area contributed by atoms with E-state index in [0.717, 1.165) is 50.1 Å². The van der Waals surface area contributed by atoms with Crippen molar-refractivity contribution < 1.29 is 14.3 Å². The summed E-state index contributed by atoms with van der Waals surface area (Å²) in [7, 11) is 0. The number of carbonyl (C=O) groups is 1. The number of rotatable bonds is 18. The Morgan fingerprint density at radius 2 is 1.33 bits per heavy atom. The van der Waals surface area contributed by atoms with E-state index in [1.807, 2.05) is 12.1 Å². The number of nitrogens with zero attached hydrogens (tertiary/aromatic N) is 1. The van der Waals surface area contributed by atoms with Gasteiger partial charge in [-0.3, -0.25) is 9.69 Å². The van der Waals surface area contributed by atoms with Gasteiger partial charge in [0, 0.05) is 13.0 Å². The van der Waals surface area contributed by atoms with E-state index in [1.165, 1.54) is 80.3 Å². The first-order valence-corrected chi connectivity index (χ1v) is 16.7. The molecule has 0 N–H and O–H groups in total. The summed E-state index contributed by atoms with van der Waals surface area (Å²) in [5.41, 5.74) is 6.20. The summed E-state index contributed by atoms with van der Waals surface area (Å²) in [6, 6.07) is 27.2. The molecule has 1 aliphatic rings. The molecule has 0 unspecified atom stereocenters. The summed E-state index contributed by atoms with van der Waals surface area (Å²) >= 11 is 0. The fourth-order valence-electron chi connectivity index (χ4n) is 5.92. The highest BCUT2D eigenvalue weighted by Gasteiger charge is 2.14. The van der Waals surface area contributed by atoms with Gasteiger partial charge in [-0.2, -0.15) is 0 Å². The minimum Gasteiger partial charge on any atom is -0.492 e. The van der Waals surface area contributed by atoms with Crippen molar-refractivity contribution in [2.75, 3.05) is 26.2 Å². The van der Waals surface area contributed by atoms with E-state index in [4.69, 9.17) is 9.47 Å². The van der Waals surface area contributed by atoms with Crippen LogP contribution in [0.5, 0.6) is 11.5 Å². The zero-order chi connectivity index (χ0) is 30.1. The molecule has 0 aromatic heterocycles. The van der Waals surface area contributed by atoms with Crippen molar-refractivity contribution >= 4 is 11.5 Å². The normalized spacial score (nSPS) is 14.0. The Hall–Kier alpha value is -3.37. The van der Waals surface area contributed by atoms with Crippen molar-refractivity contribution in [3.05, 3.63) is 101 Å². The van der Waals surface area contributed by atoms with Crippen LogP contribution in [-0.2, 0) is 11.2 Å². The minimum atomic E-state index is -0.143. The molecule has 230 valence electrons. The van der Waals surface area contributed by atoms with Crippen molar-refractivity contribution in [3.8, 4) is 11.5 Å². The second-order valence-electron chi connectivity index (χ2n) is 11.8. The molecule has 0 atom stereocenters. The van der Waals surface area contributed by atoms with Gasteiger partial charge in [-0.1, -0.05) is 113 Å². The summed E-state index contributed by atoms with van der Waals surface area (Å²) in [5.74, 6) is 1.38. The van der Waals surface area contributed by atoms with Crippen LogP contribution in [0.15, 0.2) is 84.4 Å². The Morgan fingerprint density at radius 1 is 0.721 bits per heavy atom. The fourth-order valence-corrected chi connectivity index (χ4v) is 5.92. The molecule has 3 aromatic rings. The third kappa shape index (κ3) is 11.0. The SMILES string of the molecule is CCCCCCCCCC(=O)Oc1ccc(/C(=C(/CC)Cc2ccccc2)c2ccc(OCCN3CCCC3)cc2)cc1. The summed E-state index contributed by atoms with van der Waals surface area (Å²) in [4.78, 5) is 15.0. The highest BCUT2D eigenvalue weighted by molar-refractivity contribution is 5.83. The number of esters is 1. The van der Waals surface area contributed by atoms with E-state index < -0.39 is 0 Å². The largest absolute Gasteiger partial charge is 0.492 e. The lowest BCUT2D eigenvalue weighted by atomic mass is 9.88. The zero-order valence-corrected chi connectivity index (χ0v) is 26.5. The van der Waals surface area contributed by atoms with Crippen molar-refractivity contribution in [3.63, 3.8) is 0 Å². The Bertz CT molecular complexity index is 1240. The number of likely N-dealkylation sites (tertiary alicyclic amines) is 1. The molecule has 1 aliphatic heterocycles. The molecule has 0 amide bonds. The van der Waals surface area contributed by atoms with E-state index >= 15 is 0 Å². The lowest BCUT2D eigenvalue weighted by molar-refractivity contribution is -0.134. The fraction of sp³-hybridized carbons (Fsp3) is 0.462. The molecule has 4 heteroatoms. The molecule has 0 saturated carbocycles. The average Bonchev–Trinajstić information content (AvgIpc) is 3.56. The molecule has 1 fully saturated rings. The lowest BCUT2D eigenvalue weighted by Crippen LogP contribution is -2.25. The molecular formula is C39H51NO3. The van der Waals surface area contributed by atoms with Gasteiger partial charge in [0.25, 0.3) is 0 Å². The van der Waals surface area contributed by atoms with Crippen molar-refractivity contribution in [1.29, 1.82) is 0 Å². The molecule has 0 bridgehead atoms. The Morgan fingerprint density at radius 3 is 1.95 bits per heavy atom. The predicted molar refractivity (Wildman–Crippen MR) is 179 cm³/mol. The van der Waals surface area contributed by atoms with E-state index in [2.05, 4.69) is 85.5 Å². The first-order valence-electron chi connectivity index (χ1n) is 16.7. The number of hydrogen-bond donors (Lipinski definition) is 0. The third-order valence-corrected chi connectivity index (χ3v) is 8.42. The lowest BCUT2D eigenvalue weighted by Gasteiger charge is -2.18. The van der Waals surface area contributed by atoms with Gasteiger partial charge in [-0.15, -0.1) is 0 Å². The van der Waals surface area contributed by atoms with Crippen LogP contribution >= 0.6 is 0 Å². The van der Waals surface area contributed by atoms with Crippen LogP contribution in [0.4, 0.5) is 0 Å². The van der Waals surface area contributed by atoms with E-state index in [0.29, 0.717) is 12.2 Å². The maximum atomic E-state index is 12.5. The highest BCUT2D eigenvalue weighted by Crippen LogP contribution is 2.33. The molecule has 1 saturated heterocycles. The molecule has 4 rings (SSSR count). The average molecular weight is 582 g/mol. The summed E-state index contributed by atoms with van der Waals surface area (Å²) in [6.07, 6.45) is 13.2. The minimum absolute atomic E-state index is 0.143. The summed E-state index contributed by atoms with van der Waals surface area (Å²) < 4.78 is 11.8. The van der Waals surface area contributed by atoms with E-state index in [9.17, 15) is 4.79 Å². The van der Waals surface area contributed by atoms with Crippen molar-refractivity contribution in [2.24, 2.45) is 0 Å². The van der Waals surface area contributed by atoms with Gasteiger partial charge in [0.15, 0.2) is 0 Å². The molecule has 0 radical (unpaired) electrons. The Balaban J connectivity index is 1.43. The number of unbranched alkanes of at least 4 members (excludes halogenated alkanes) is 6.